The molecule has 0 bridgehead atoms. The zero-order valence-electron chi connectivity index (χ0n) is 13.2. The van der Waals surface area contributed by atoms with E-state index in [-0.39, 0.29) is 11.6 Å². The molecule has 4 rings (SSSR count). The first-order valence-electron chi connectivity index (χ1n) is 7.55. The molecule has 124 valence electrons. The molecule has 7 nitrogen and oxygen atoms in total. The molecule has 0 aliphatic carbocycles. The summed E-state index contributed by atoms with van der Waals surface area (Å²) >= 11 is 6.00. The number of halogens is 1. The van der Waals surface area contributed by atoms with Crippen LogP contribution in [-0.2, 0) is 0 Å². The Labute approximate surface area is 147 Å². The van der Waals surface area contributed by atoms with E-state index in [2.05, 4.69) is 25.7 Å². The first-order valence-corrected chi connectivity index (χ1v) is 7.93. The smallest absolute Gasteiger partial charge is 0.278 e. The van der Waals surface area contributed by atoms with Crippen LogP contribution in [0.5, 0.6) is 0 Å². The lowest BCUT2D eigenvalue weighted by atomic mass is 10.2. The number of nitrogens with one attached hydrogen (secondary N) is 2. The van der Waals surface area contributed by atoms with Gasteiger partial charge in [-0.25, -0.2) is 0 Å². The van der Waals surface area contributed by atoms with Crippen molar-refractivity contribution in [1.29, 1.82) is 0 Å². The summed E-state index contributed by atoms with van der Waals surface area (Å²) in [4.78, 5) is 14.0. The standard InChI is InChI=1S/C17H13ClN6O/c1-10-15(23-24(22-10)13-6-3-5-12(18)8-13)17(25)20-14-7-2-4-11-9-19-21-16(11)14/h2-9H,1H3,(H,19,21)(H,20,25). The Bertz CT molecular complexity index is 1080. The maximum Gasteiger partial charge on any atom is 0.278 e. The second-order valence-electron chi connectivity index (χ2n) is 5.50. The predicted molar refractivity (Wildman–Crippen MR) is 95.2 cm³/mol. The fourth-order valence-electron chi connectivity index (χ4n) is 2.56. The highest BCUT2D eigenvalue weighted by molar-refractivity contribution is 6.30. The monoisotopic (exact) mass is 352 g/mol. The van der Waals surface area contributed by atoms with Crippen molar-refractivity contribution in [3.63, 3.8) is 0 Å². The van der Waals surface area contributed by atoms with Crippen LogP contribution in [0.2, 0.25) is 5.02 Å². The topological polar surface area (TPSA) is 88.5 Å². The van der Waals surface area contributed by atoms with Gasteiger partial charge in [-0.3, -0.25) is 9.89 Å². The number of nitrogens with zero attached hydrogens (tertiary/aromatic N) is 4. The number of H-pyrrole nitrogens is 1. The number of aryl methyl sites for hydroxylation is 1. The number of rotatable bonds is 3. The molecule has 0 saturated carbocycles. The van der Waals surface area contributed by atoms with Gasteiger partial charge in [0.1, 0.15) is 0 Å². The molecule has 0 radical (unpaired) electrons. The summed E-state index contributed by atoms with van der Waals surface area (Å²) in [6.45, 7) is 1.74. The molecule has 1 amide bonds. The maximum absolute atomic E-state index is 12.6. The van der Waals surface area contributed by atoms with Gasteiger partial charge in [0.15, 0.2) is 5.69 Å². The first-order chi connectivity index (χ1) is 12.1. The number of anilines is 1. The van der Waals surface area contributed by atoms with E-state index in [1.807, 2.05) is 18.2 Å². The van der Waals surface area contributed by atoms with Gasteiger partial charge in [0.2, 0.25) is 0 Å². The number of aromatic nitrogens is 5. The first kappa shape index (κ1) is 15.3. The molecule has 0 unspecified atom stereocenters. The highest BCUT2D eigenvalue weighted by Gasteiger charge is 2.17. The van der Waals surface area contributed by atoms with E-state index in [0.717, 1.165) is 10.9 Å². The van der Waals surface area contributed by atoms with Gasteiger partial charge in [0.05, 0.1) is 28.8 Å². The van der Waals surface area contributed by atoms with E-state index in [1.54, 1.807) is 37.4 Å². The van der Waals surface area contributed by atoms with Gasteiger partial charge in [0.25, 0.3) is 5.91 Å². The van der Waals surface area contributed by atoms with Crippen molar-refractivity contribution in [2.24, 2.45) is 0 Å². The average molecular weight is 353 g/mol. The summed E-state index contributed by atoms with van der Waals surface area (Å²) in [5.41, 5.74) is 2.85. The van der Waals surface area contributed by atoms with Gasteiger partial charge in [-0.05, 0) is 31.2 Å². The molecule has 0 atom stereocenters. The Balaban J connectivity index is 1.66. The Morgan fingerprint density at radius 2 is 2.04 bits per heavy atom. The van der Waals surface area contributed by atoms with Gasteiger partial charge < -0.3 is 5.32 Å². The third kappa shape index (κ3) is 2.85. The Kier molecular flexibility index (Phi) is 3.70. The number of benzene rings is 2. The van der Waals surface area contributed by atoms with Crippen LogP contribution in [0.1, 0.15) is 16.2 Å². The highest BCUT2D eigenvalue weighted by Crippen LogP contribution is 2.21. The lowest BCUT2D eigenvalue weighted by Crippen LogP contribution is -2.14. The second kappa shape index (κ2) is 6.03. The number of carbonyl (C=O) groups is 1. The van der Waals surface area contributed by atoms with E-state index in [9.17, 15) is 4.79 Å². The molecule has 25 heavy (non-hydrogen) atoms. The second-order valence-corrected chi connectivity index (χ2v) is 5.93. The van der Waals surface area contributed by atoms with E-state index < -0.39 is 0 Å². The van der Waals surface area contributed by atoms with Crippen molar-refractivity contribution in [3.05, 3.63) is 65.1 Å². The maximum atomic E-state index is 12.6. The molecule has 8 heteroatoms. The van der Waals surface area contributed by atoms with Crippen LogP contribution in [0.25, 0.3) is 16.6 Å². The molecule has 4 aromatic rings. The molecule has 0 saturated heterocycles. The molecule has 0 aliphatic heterocycles. The molecule has 0 fully saturated rings. The van der Waals surface area contributed by atoms with E-state index in [4.69, 9.17) is 11.6 Å². The summed E-state index contributed by atoms with van der Waals surface area (Å²) in [5, 5.41) is 19.8. The number of hydrogen-bond donors (Lipinski definition) is 2. The highest BCUT2D eigenvalue weighted by atomic mass is 35.5. The number of para-hydroxylation sites is 1. The third-order valence-electron chi connectivity index (χ3n) is 3.76. The summed E-state index contributed by atoms with van der Waals surface area (Å²) < 4.78 is 0. The van der Waals surface area contributed by atoms with Crippen molar-refractivity contribution < 1.29 is 4.79 Å². The number of carbonyl (C=O) groups excluding carboxylic acids is 1. The van der Waals surface area contributed by atoms with Gasteiger partial charge in [-0.2, -0.15) is 15.0 Å². The average Bonchev–Trinajstić information content (AvgIpc) is 3.22. The molecule has 2 aromatic carbocycles. The van der Waals surface area contributed by atoms with Crippen LogP contribution in [-0.4, -0.2) is 31.1 Å². The van der Waals surface area contributed by atoms with Crippen molar-refractivity contribution in [3.8, 4) is 5.69 Å². The van der Waals surface area contributed by atoms with Crippen molar-refractivity contribution in [1.82, 2.24) is 25.2 Å². The van der Waals surface area contributed by atoms with Crippen molar-refractivity contribution in [2.45, 2.75) is 6.92 Å². The quantitative estimate of drug-likeness (QED) is 0.591. The number of aromatic amines is 1. The van der Waals surface area contributed by atoms with Crippen LogP contribution in [0.3, 0.4) is 0 Å². The molecular weight excluding hydrogens is 340 g/mol. The van der Waals surface area contributed by atoms with E-state index in [1.165, 1.54) is 4.80 Å². The molecule has 2 N–H and O–H groups in total. The van der Waals surface area contributed by atoms with Gasteiger partial charge in [-0.15, -0.1) is 5.10 Å². The SMILES string of the molecule is Cc1nn(-c2cccc(Cl)c2)nc1C(=O)Nc1cccc2cn[nH]c12. The largest absolute Gasteiger partial charge is 0.319 e. The molecular formula is C17H13ClN6O. The van der Waals surface area contributed by atoms with Gasteiger partial charge >= 0.3 is 0 Å². The molecule has 2 heterocycles. The fourth-order valence-corrected chi connectivity index (χ4v) is 2.74. The number of hydrogen-bond acceptors (Lipinski definition) is 4. The third-order valence-corrected chi connectivity index (χ3v) is 4.00. The van der Waals surface area contributed by atoms with Crippen LogP contribution in [0, 0.1) is 6.92 Å². The molecule has 0 aliphatic rings. The molecule has 0 spiro atoms. The summed E-state index contributed by atoms with van der Waals surface area (Å²) in [6, 6.07) is 12.7. The Hall–Kier alpha value is -3.19. The Morgan fingerprint density at radius 3 is 2.88 bits per heavy atom. The van der Waals surface area contributed by atoms with Crippen LogP contribution in [0.4, 0.5) is 5.69 Å². The minimum atomic E-state index is -0.340. The zero-order chi connectivity index (χ0) is 17.4. The number of amides is 1. The van der Waals surface area contributed by atoms with Crippen LogP contribution in [0.15, 0.2) is 48.7 Å². The predicted octanol–water partition coefficient (Wildman–Crippen LogP) is 3.36. The van der Waals surface area contributed by atoms with Crippen molar-refractivity contribution in [2.75, 3.05) is 5.32 Å². The van der Waals surface area contributed by atoms with E-state index in [0.29, 0.717) is 22.1 Å². The lowest BCUT2D eigenvalue weighted by Gasteiger charge is -2.04. The molecule has 2 aromatic heterocycles. The van der Waals surface area contributed by atoms with Gasteiger partial charge in [0, 0.05) is 10.4 Å². The van der Waals surface area contributed by atoms with Crippen LogP contribution < -0.4 is 5.32 Å². The van der Waals surface area contributed by atoms with Gasteiger partial charge in [-0.1, -0.05) is 29.8 Å². The number of fused-ring (bicyclic) bond motifs is 1. The summed E-state index contributed by atoms with van der Waals surface area (Å²) in [7, 11) is 0. The Morgan fingerprint density at radius 1 is 1.20 bits per heavy atom. The zero-order valence-corrected chi connectivity index (χ0v) is 13.9. The fraction of sp³-hybridized carbons (Fsp3) is 0.0588. The summed E-state index contributed by atoms with van der Waals surface area (Å²) in [5.74, 6) is -0.340. The van der Waals surface area contributed by atoms with Crippen LogP contribution >= 0.6 is 11.6 Å². The summed E-state index contributed by atoms with van der Waals surface area (Å²) in [6.07, 6.45) is 1.70. The normalized spacial score (nSPS) is 11.0. The lowest BCUT2D eigenvalue weighted by molar-refractivity contribution is 0.102. The van der Waals surface area contributed by atoms with Crippen molar-refractivity contribution >= 4 is 34.1 Å². The minimum Gasteiger partial charge on any atom is -0.319 e. The van der Waals surface area contributed by atoms with E-state index >= 15 is 0 Å². The minimum absolute atomic E-state index is 0.247.